The van der Waals surface area contributed by atoms with E-state index in [0.717, 1.165) is 30.0 Å². The molecule has 0 saturated heterocycles. The first-order valence-electron chi connectivity index (χ1n) is 8.01. The van der Waals surface area contributed by atoms with Gasteiger partial charge >= 0.3 is 0 Å². The zero-order valence-electron chi connectivity index (χ0n) is 13.2. The highest BCUT2D eigenvalue weighted by atomic mass is 32.2. The fraction of sp³-hybridized carbons (Fsp3) is 0.588. The van der Waals surface area contributed by atoms with Gasteiger partial charge in [-0.1, -0.05) is 37.6 Å². The van der Waals surface area contributed by atoms with Crippen LogP contribution >= 0.6 is 0 Å². The first kappa shape index (κ1) is 15.5. The standard InChI is InChI=1S/C17H23NO3S/c1-3-4-11-22(20,21)18(2)16(19)15-12-17(15)10-9-13-7-5-6-8-14(13)17/h5-8,15H,3-4,9-12H2,1-2H3/t15-,17-/m0/s1. The summed E-state index contributed by atoms with van der Waals surface area (Å²) in [4.78, 5) is 12.6. The molecule has 4 nitrogen and oxygen atoms in total. The highest BCUT2D eigenvalue weighted by molar-refractivity contribution is 7.89. The molecule has 0 N–H and O–H groups in total. The first-order chi connectivity index (χ1) is 10.4. The third kappa shape index (κ3) is 2.35. The zero-order valence-corrected chi connectivity index (χ0v) is 14.0. The van der Waals surface area contributed by atoms with E-state index in [2.05, 4.69) is 12.1 Å². The van der Waals surface area contributed by atoms with Crippen molar-refractivity contribution >= 4 is 15.9 Å². The molecule has 0 aliphatic heterocycles. The number of benzene rings is 1. The molecule has 1 saturated carbocycles. The summed E-state index contributed by atoms with van der Waals surface area (Å²) < 4.78 is 25.4. The van der Waals surface area contributed by atoms with Gasteiger partial charge in [0.25, 0.3) is 0 Å². The van der Waals surface area contributed by atoms with Crippen molar-refractivity contribution < 1.29 is 13.2 Å². The van der Waals surface area contributed by atoms with Gasteiger partial charge in [-0.25, -0.2) is 12.7 Å². The van der Waals surface area contributed by atoms with Crippen LogP contribution < -0.4 is 0 Å². The monoisotopic (exact) mass is 321 g/mol. The molecule has 1 spiro atoms. The van der Waals surface area contributed by atoms with Crippen LogP contribution in [0.4, 0.5) is 0 Å². The molecule has 1 aromatic rings. The van der Waals surface area contributed by atoms with Crippen molar-refractivity contribution in [3.8, 4) is 0 Å². The molecular formula is C17H23NO3S. The number of fused-ring (bicyclic) bond motifs is 2. The minimum Gasteiger partial charge on any atom is -0.273 e. The third-order valence-electron chi connectivity index (χ3n) is 5.25. The third-order valence-corrected chi connectivity index (χ3v) is 7.07. The summed E-state index contributed by atoms with van der Waals surface area (Å²) in [5, 5.41) is 0. The second-order valence-corrected chi connectivity index (χ2v) is 8.67. The van der Waals surface area contributed by atoms with Gasteiger partial charge in [0, 0.05) is 18.4 Å². The lowest BCUT2D eigenvalue weighted by Gasteiger charge is -2.19. The Balaban J connectivity index is 1.77. The van der Waals surface area contributed by atoms with Gasteiger partial charge in [-0.3, -0.25) is 4.79 Å². The van der Waals surface area contributed by atoms with Crippen molar-refractivity contribution in [2.75, 3.05) is 12.8 Å². The Morgan fingerprint density at radius 1 is 1.36 bits per heavy atom. The van der Waals surface area contributed by atoms with Crippen molar-refractivity contribution in [2.24, 2.45) is 5.92 Å². The summed E-state index contributed by atoms with van der Waals surface area (Å²) in [5.41, 5.74) is 2.48. The lowest BCUT2D eigenvalue weighted by atomic mass is 9.95. The first-order valence-corrected chi connectivity index (χ1v) is 9.62. The van der Waals surface area contributed by atoms with Crippen molar-refractivity contribution in [1.29, 1.82) is 0 Å². The van der Waals surface area contributed by atoms with E-state index in [4.69, 9.17) is 0 Å². The van der Waals surface area contributed by atoms with Crippen LogP contribution in [0.3, 0.4) is 0 Å². The highest BCUT2D eigenvalue weighted by Crippen LogP contribution is 2.62. The van der Waals surface area contributed by atoms with E-state index in [0.29, 0.717) is 6.42 Å². The SMILES string of the molecule is CCCCS(=O)(=O)N(C)C(=O)[C@@H]1C[C@]12CCc1ccccc12. The number of amides is 1. The molecular weight excluding hydrogens is 298 g/mol. The summed E-state index contributed by atoms with van der Waals surface area (Å²) >= 11 is 0. The van der Waals surface area contributed by atoms with E-state index in [9.17, 15) is 13.2 Å². The molecule has 2 atom stereocenters. The number of aryl methyl sites for hydroxylation is 1. The quantitative estimate of drug-likeness (QED) is 0.837. The Bertz CT molecular complexity index is 698. The predicted octanol–water partition coefficient (Wildman–Crippen LogP) is 2.48. The van der Waals surface area contributed by atoms with Gasteiger partial charge in [0.2, 0.25) is 15.9 Å². The molecule has 2 aliphatic carbocycles. The van der Waals surface area contributed by atoms with E-state index < -0.39 is 10.0 Å². The van der Waals surface area contributed by atoms with Gasteiger partial charge in [0.05, 0.1) is 5.75 Å². The van der Waals surface area contributed by atoms with Crippen molar-refractivity contribution in [3.63, 3.8) is 0 Å². The van der Waals surface area contributed by atoms with Crippen LogP contribution in [0.1, 0.15) is 43.7 Å². The molecule has 0 heterocycles. The molecule has 0 aromatic heterocycles. The number of nitrogens with zero attached hydrogens (tertiary/aromatic N) is 1. The second kappa shape index (κ2) is 5.37. The topological polar surface area (TPSA) is 54.5 Å². The van der Waals surface area contributed by atoms with Gasteiger partial charge < -0.3 is 0 Å². The van der Waals surface area contributed by atoms with E-state index in [-0.39, 0.29) is 23.0 Å². The molecule has 0 bridgehead atoms. The Hall–Kier alpha value is -1.36. The largest absolute Gasteiger partial charge is 0.273 e. The van der Waals surface area contributed by atoms with E-state index >= 15 is 0 Å². The normalized spacial score (nSPS) is 26.0. The number of unbranched alkanes of at least 4 members (excludes halogenated alkanes) is 1. The average molecular weight is 321 g/mol. The van der Waals surface area contributed by atoms with E-state index in [1.54, 1.807) is 0 Å². The van der Waals surface area contributed by atoms with Crippen LogP contribution in [0.2, 0.25) is 0 Å². The molecule has 1 amide bonds. The summed E-state index contributed by atoms with van der Waals surface area (Å²) in [6.07, 6.45) is 4.15. The molecule has 0 unspecified atom stereocenters. The predicted molar refractivity (Wildman–Crippen MR) is 86.0 cm³/mol. The smallest absolute Gasteiger partial charge is 0.239 e. The van der Waals surface area contributed by atoms with E-state index in [1.165, 1.54) is 18.2 Å². The fourth-order valence-electron chi connectivity index (χ4n) is 3.74. The molecule has 2 aliphatic rings. The molecule has 1 aromatic carbocycles. The Kier molecular flexibility index (Phi) is 3.79. The average Bonchev–Trinajstić information content (AvgIpc) is 3.13. The van der Waals surface area contributed by atoms with Crippen molar-refractivity contribution in [2.45, 2.75) is 44.4 Å². The van der Waals surface area contributed by atoms with Gasteiger partial charge in [-0.05, 0) is 36.8 Å². The van der Waals surface area contributed by atoms with Crippen LogP contribution in [0, 0.1) is 5.92 Å². The molecule has 1 fully saturated rings. The van der Waals surface area contributed by atoms with Crippen LogP contribution in [-0.4, -0.2) is 31.4 Å². The minimum atomic E-state index is -3.47. The Morgan fingerprint density at radius 3 is 2.82 bits per heavy atom. The number of hydrogen-bond acceptors (Lipinski definition) is 3. The summed E-state index contributed by atoms with van der Waals surface area (Å²) in [7, 11) is -2.05. The highest BCUT2D eigenvalue weighted by Gasteiger charge is 2.62. The molecule has 5 heteroatoms. The Labute approximate surface area is 132 Å². The molecule has 22 heavy (non-hydrogen) atoms. The van der Waals surface area contributed by atoms with E-state index in [1.807, 2.05) is 19.1 Å². The minimum absolute atomic E-state index is 0.0576. The fourth-order valence-corrected chi connectivity index (χ4v) is 5.07. The lowest BCUT2D eigenvalue weighted by molar-refractivity contribution is -0.127. The van der Waals surface area contributed by atoms with Crippen molar-refractivity contribution in [3.05, 3.63) is 35.4 Å². The number of carbonyl (C=O) groups excluding carboxylic acids is 1. The second-order valence-electron chi connectivity index (χ2n) is 6.55. The number of sulfonamides is 1. The molecule has 0 radical (unpaired) electrons. The number of carbonyl (C=O) groups is 1. The maximum absolute atomic E-state index is 12.6. The van der Waals surface area contributed by atoms with Gasteiger partial charge in [0.1, 0.15) is 0 Å². The van der Waals surface area contributed by atoms with Gasteiger partial charge in [0.15, 0.2) is 0 Å². The van der Waals surface area contributed by atoms with Gasteiger partial charge in [-0.2, -0.15) is 0 Å². The zero-order chi connectivity index (χ0) is 16.0. The summed E-state index contributed by atoms with van der Waals surface area (Å²) in [5.74, 6) is -0.340. The number of rotatable bonds is 5. The maximum Gasteiger partial charge on any atom is 0.239 e. The van der Waals surface area contributed by atoms with Gasteiger partial charge in [-0.15, -0.1) is 0 Å². The summed E-state index contributed by atoms with van der Waals surface area (Å²) in [6, 6.07) is 8.25. The Morgan fingerprint density at radius 2 is 2.09 bits per heavy atom. The summed E-state index contributed by atoms with van der Waals surface area (Å²) in [6.45, 7) is 1.95. The van der Waals surface area contributed by atoms with Crippen LogP contribution in [-0.2, 0) is 26.7 Å². The molecule has 120 valence electrons. The van der Waals surface area contributed by atoms with Crippen LogP contribution in [0.15, 0.2) is 24.3 Å². The number of hydrogen-bond donors (Lipinski definition) is 0. The molecule has 3 rings (SSSR count). The lowest BCUT2D eigenvalue weighted by Crippen LogP contribution is -2.37. The van der Waals surface area contributed by atoms with Crippen LogP contribution in [0.25, 0.3) is 0 Å². The van der Waals surface area contributed by atoms with Crippen LogP contribution in [0.5, 0.6) is 0 Å². The van der Waals surface area contributed by atoms with Crippen molar-refractivity contribution in [1.82, 2.24) is 4.31 Å². The maximum atomic E-state index is 12.6.